The number of fused-ring (bicyclic) bond motifs is 1. The van der Waals surface area contributed by atoms with Crippen LogP contribution in [-0.4, -0.2) is 9.78 Å². The van der Waals surface area contributed by atoms with Crippen molar-refractivity contribution < 1.29 is 0 Å². The topological polar surface area (TPSA) is 17.8 Å². The van der Waals surface area contributed by atoms with Crippen LogP contribution < -0.4 is 0 Å². The van der Waals surface area contributed by atoms with E-state index in [2.05, 4.69) is 24.2 Å². The van der Waals surface area contributed by atoms with Crippen molar-refractivity contribution in [3.63, 3.8) is 0 Å². The molecule has 0 radical (unpaired) electrons. The molecule has 0 aliphatic carbocycles. The first-order valence-electron chi connectivity index (χ1n) is 5.46. The zero-order chi connectivity index (χ0) is 11.8. The Bertz CT molecular complexity index is 668. The van der Waals surface area contributed by atoms with Crippen LogP contribution in [0.3, 0.4) is 0 Å². The minimum atomic E-state index is 0.543. The maximum absolute atomic E-state index is 6.13. The van der Waals surface area contributed by atoms with Crippen LogP contribution in [0.15, 0.2) is 48.5 Å². The molecule has 2 nitrogen and oxygen atoms in total. The lowest BCUT2D eigenvalue weighted by Gasteiger charge is -2.03. The summed E-state index contributed by atoms with van der Waals surface area (Å²) in [6.07, 6.45) is 0. The molecule has 3 heteroatoms. The Labute approximate surface area is 104 Å². The third-order valence-electron chi connectivity index (χ3n) is 2.82. The number of aryl methyl sites for hydroxylation is 1. The van der Waals surface area contributed by atoms with Gasteiger partial charge in [-0.25, -0.2) is 4.68 Å². The molecule has 1 heterocycles. The lowest BCUT2D eigenvalue weighted by Crippen LogP contribution is -1.95. The van der Waals surface area contributed by atoms with Gasteiger partial charge >= 0.3 is 0 Å². The van der Waals surface area contributed by atoms with E-state index in [1.54, 1.807) is 0 Å². The summed E-state index contributed by atoms with van der Waals surface area (Å²) in [5, 5.41) is 5.90. The lowest BCUT2D eigenvalue weighted by atomic mass is 10.2. The second-order valence-electron chi connectivity index (χ2n) is 4.06. The first-order valence-corrected chi connectivity index (χ1v) is 5.84. The fourth-order valence-corrected chi connectivity index (χ4v) is 2.15. The van der Waals surface area contributed by atoms with Gasteiger partial charge in [0.25, 0.3) is 0 Å². The van der Waals surface area contributed by atoms with E-state index in [0.717, 1.165) is 16.6 Å². The molecule has 84 valence electrons. The van der Waals surface area contributed by atoms with Gasteiger partial charge in [0.05, 0.1) is 11.2 Å². The highest BCUT2D eigenvalue weighted by Crippen LogP contribution is 2.25. The Morgan fingerprint density at radius 3 is 2.47 bits per heavy atom. The van der Waals surface area contributed by atoms with Gasteiger partial charge in [0, 0.05) is 5.39 Å². The van der Waals surface area contributed by atoms with Gasteiger partial charge in [-0.3, -0.25) is 0 Å². The molecule has 0 unspecified atom stereocenters. The summed E-state index contributed by atoms with van der Waals surface area (Å²) in [5.74, 6) is 0. The number of nitrogens with zero attached hydrogens (tertiary/aromatic N) is 2. The molecule has 0 N–H and O–H groups in total. The zero-order valence-corrected chi connectivity index (χ0v) is 10.1. The minimum absolute atomic E-state index is 0.543. The molecule has 0 amide bonds. The van der Waals surface area contributed by atoms with Crippen LogP contribution in [0.5, 0.6) is 0 Å². The van der Waals surface area contributed by atoms with E-state index < -0.39 is 0 Å². The molecule has 3 rings (SSSR count). The van der Waals surface area contributed by atoms with Crippen molar-refractivity contribution in [3.8, 4) is 5.69 Å². The molecule has 0 atom stereocenters. The van der Waals surface area contributed by atoms with Gasteiger partial charge in [-0.2, -0.15) is 5.10 Å². The second kappa shape index (κ2) is 3.90. The number of para-hydroxylation sites is 1. The average molecular weight is 243 g/mol. The Kier molecular flexibility index (Phi) is 2.37. The van der Waals surface area contributed by atoms with Crippen LogP contribution in [0.2, 0.25) is 5.15 Å². The van der Waals surface area contributed by atoms with Crippen molar-refractivity contribution in [2.24, 2.45) is 0 Å². The number of benzene rings is 2. The summed E-state index contributed by atoms with van der Waals surface area (Å²) in [6.45, 7) is 2.07. The molecule has 0 bridgehead atoms. The molecule has 2 aromatic carbocycles. The lowest BCUT2D eigenvalue weighted by molar-refractivity contribution is 0.910. The van der Waals surface area contributed by atoms with Gasteiger partial charge in [-0.15, -0.1) is 0 Å². The average Bonchev–Trinajstić information content (AvgIpc) is 2.69. The highest BCUT2D eigenvalue weighted by Gasteiger charge is 2.08. The third kappa shape index (κ3) is 1.71. The van der Waals surface area contributed by atoms with Gasteiger partial charge in [0.15, 0.2) is 5.15 Å². The van der Waals surface area contributed by atoms with Crippen molar-refractivity contribution >= 4 is 22.5 Å². The summed E-state index contributed by atoms with van der Waals surface area (Å²) in [6, 6.07) is 16.2. The fraction of sp³-hybridized carbons (Fsp3) is 0.0714. The molecule has 0 aliphatic rings. The van der Waals surface area contributed by atoms with E-state index in [1.165, 1.54) is 5.56 Å². The van der Waals surface area contributed by atoms with Gasteiger partial charge < -0.3 is 0 Å². The summed E-state index contributed by atoms with van der Waals surface area (Å²) in [7, 11) is 0. The molecule has 0 fully saturated rings. The number of halogens is 1. The number of rotatable bonds is 1. The van der Waals surface area contributed by atoms with E-state index in [9.17, 15) is 0 Å². The SMILES string of the molecule is Cc1ccc(-n2nc(Cl)c3ccccc32)cc1. The van der Waals surface area contributed by atoms with Crippen LogP contribution in [0.4, 0.5) is 0 Å². The third-order valence-corrected chi connectivity index (χ3v) is 3.10. The van der Waals surface area contributed by atoms with Crippen LogP contribution >= 0.6 is 11.6 Å². The Balaban J connectivity index is 2.27. The number of hydrogen-bond donors (Lipinski definition) is 0. The maximum atomic E-state index is 6.13. The highest BCUT2D eigenvalue weighted by atomic mass is 35.5. The van der Waals surface area contributed by atoms with E-state index in [1.807, 2.05) is 41.1 Å². The zero-order valence-electron chi connectivity index (χ0n) is 9.39. The van der Waals surface area contributed by atoms with Crippen LogP contribution in [-0.2, 0) is 0 Å². The van der Waals surface area contributed by atoms with Crippen LogP contribution in [0, 0.1) is 6.92 Å². The van der Waals surface area contributed by atoms with E-state index in [4.69, 9.17) is 11.6 Å². The summed E-state index contributed by atoms with van der Waals surface area (Å²) in [4.78, 5) is 0. The maximum Gasteiger partial charge on any atom is 0.159 e. The van der Waals surface area contributed by atoms with E-state index >= 15 is 0 Å². The molecule has 0 aliphatic heterocycles. The highest BCUT2D eigenvalue weighted by molar-refractivity contribution is 6.34. The Morgan fingerprint density at radius 2 is 1.71 bits per heavy atom. The minimum Gasteiger partial charge on any atom is -0.232 e. The molecule has 17 heavy (non-hydrogen) atoms. The predicted molar refractivity (Wildman–Crippen MR) is 70.8 cm³/mol. The van der Waals surface area contributed by atoms with Crippen LogP contribution in [0.1, 0.15) is 5.56 Å². The van der Waals surface area contributed by atoms with Crippen LogP contribution in [0.25, 0.3) is 16.6 Å². The summed E-state index contributed by atoms with van der Waals surface area (Å²) in [5.41, 5.74) is 3.29. The molecule has 3 aromatic rings. The molecule has 0 saturated heterocycles. The Morgan fingerprint density at radius 1 is 1.00 bits per heavy atom. The van der Waals surface area contributed by atoms with Crippen molar-refractivity contribution in [3.05, 3.63) is 59.2 Å². The van der Waals surface area contributed by atoms with Gasteiger partial charge in [0.2, 0.25) is 0 Å². The second-order valence-corrected chi connectivity index (χ2v) is 4.41. The monoisotopic (exact) mass is 242 g/mol. The smallest absolute Gasteiger partial charge is 0.159 e. The molecule has 0 spiro atoms. The molecular formula is C14H11ClN2. The molecule has 0 saturated carbocycles. The predicted octanol–water partition coefficient (Wildman–Crippen LogP) is 3.99. The summed E-state index contributed by atoms with van der Waals surface area (Å²) >= 11 is 6.13. The standard InChI is InChI=1S/C14H11ClN2/c1-10-6-8-11(9-7-10)17-13-5-3-2-4-12(13)14(15)16-17/h2-9H,1H3. The van der Waals surface area contributed by atoms with Crippen molar-refractivity contribution in [1.29, 1.82) is 0 Å². The van der Waals surface area contributed by atoms with Crippen molar-refractivity contribution in [1.82, 2.24) is 9.78 Å². The number of aromatic nitrogens is 2. The first kappa shape index (κ1) is 10.4. The normalized spacial score (nSPS) is 10.9. The van der Waals surface area contributed by atoms with Gasteiger partial charge in [0.1, 0.15) is 0 Å². The fourth-order valence-electron chi connectivity index (χ4n) is 1.91. The molecular weight excluding hydrogens is 232 g/mol. The van der Waals surface area contributed by atoms with Crippen molar-refractivity contribution in [2.75, 3.05) is 0 Å². The first-order chi connectivity index (χ1) is 8.25. The van der Waals surface area contributed by atoms with Gasteiger partial charge in [-0.05, 0) is 31.2 Å². The Hall–Kier alpha value is -1.80. The quantitative estimate of drug-likeness (QED) is 0.631. The van der Waals surface area contributed by atoms with E-state index in [0.29, 0.717) is 5.15 Å². The van der Waals surface area contributed by atoms with E-state index in [-0.39, 0.29) is 0 Å². The van der Waals surface area contributed by atoms with Gasteiger partial charge in [-0.1, -0.05) is 41.4 Å². The largest absolute Gasteiger partial charge is 0.232 e. The van der Waals surface area contributed by atoms with Crippen molar-refractivity contribution in [2.45, 2.75) is 6.92 Å². The summed E-state index contributed by atoms with van der Waals surface area (Å²) < 4.78 is 1.87. The molecule has 1 aromatic heterocycles. The number of hydrogen-bond acceptors (Lipinski definition) is 1.